The van der Waals surface area contributed by atoms with Crippen LogP contribution >= 0.6 is 11.8 Å². The van der Waals surface area contributed by atoms with E-state index in [4.69, 9.17) is 9.56 Å². The number of carbonyl (C=O) groups is 1. The molecule has 0 aliphatic heterocycles. The summed E-state index contributed by atoms with van der Waals surface area (Å²) >= 11 is 1.32. The van der Waals surface area contributed by atoms with Gasteiger partial charge in [0.15, 0.2) is 16.7 Å². The minimum absolute atomic E-state index is 0.0658. The predicted octanol–water partition coefficient (Wildman–Crippen LogP) is 2.29. The second kappa shape index (κ2) is 10.1. The molecule has 3 N–H and O–H groups in total. The first-order chi connectivity index (χ1) is 14.7. The zero-order valence-electron chi connectivity index (χ0n) is 17.3. The van der Waals surface area contributed by atoms with Crippen molar-refractivity contribution in [3.05, 3.63) is 48.2 Å². The van der Waals surface area contributed by atoms with Crippen molar-refractivity contribution in [1.29, 1.82) is 0 Å². The van der Waals surface area contributed by atoms with Gasteiger partial charge in [0.05, 0.1) is 16.9 Å². The van der Waals surface area contributed by atoms with Gasteiger partial charge < -0.3 is 9.73 Å². The van der Waals surface area contributed by atoms with Crippen molar-refractivity contribution in [2.75, 3.05) is 12.3 Å². The first-order valence-corrected chi connectivity index (χ1v) is 12.3. The normalized spacial score (nSPS) is 11.7. The van der Waals surface area contributed by atoms with Crippen LogP contribution in [0.1, 0.15) is 19.4 Å². The van der Waals surface area contributed by atoms with E-state index in [2.05, 4.69) is 29.4 Å². The topological polar surface area (TPSA) is 133 Å². The van der Waals surface area contributed by atoms with Crippen LogP contribution in [0.2, 0.25) is 0 Å². The van der Waals surface area contributed by atoms with Crippen LogP contribution < -0.4 is 10.5 Å². The number of hydrogen-bond donors (Lipinski definition) is 2. The molecule has 0 radical (unpaired) electrons. The molecule has 166 valence electrons. The Morgan fingerprint density at radius 3 is 2.58 bits per heavy atom. The van der Waals surface area contributed by atoms with Crippen molar-refractivity contribution in [2.45, 2.75) is 36.9 Å². The molecule has 31 heavy (non-hydrogen) atoms. The largest absolute Gasteiger partial charge is 0.461 e. The Bertz CT molecular complexity index is 1110. The molecule has 3 aromatic rings. The van der Waals surface area contributed by atoms with E-state index in [1.165, 1.54) is 23.9 Å². The van der Waals surface area contributed by atoms with E-state index in [0.29, 0.717) is 42.2 Å². The van der Waals surface area contributed by atoms with E-state index in [1.54, 1.807) is 24.5 Å². The van der Waals surface area contributed by atoms with Crippen molar-refractivity contribution in [2.24, 2.45) is 11.1 Å². The summed E-state index contributed by atoms with van der Waals surface area (Å²) < 4.78 is 30.0. The van der Waals surface area contributed by atoms with Crippen molar-refractivity contribution in [3.8, 4) is 11.6 Å². The molecule has 11 heteroatoms. The van der Waals surface area contributed by atoms with E-state index < -0.39 is 10.0 Å². The van der Waals surface area contributed by atoms with Gasteiger partial charge in [-0.2, -0.15) is 0 Å². The Balaban J connectivity index is 1.53. The summed E-state index contributed by atoms with van der Waals surface area (Å²) in [6, 6.07) is 9.92. The van der Waals surface area contributed by atoms with Gasteiger partial charge >= 0.3 is 0 Å². The zero-order chi connectivity index (χ0) is 22.4. The summed E-state index contributed by atoms with van der Waals surface area (Å²) in [6.07, 6.45) is 2.17. The van der Waals surface area contributed by atoms with E-state index in [9.17, 15) is 13.2 Å². The SMILES string of the molecule is CC(C)Cn1c(SCC(=O)NCCc2ccc(S(N)(=O)=O)cc2)nnc1-c1ccco1. The standard InChI is InChI=1S/C20H25N5O4S2/c1-14(2)12-25-19(17-4-3-11-29-17)23-24-20(25)30-13-18(26)22-10-9-15-5-7-16(8-6-15)31(21,27)28/h3-8,11,14H,9-10,12-13H2,1-2H3,(H,22,26)(H2,21,27,28). The van der Waals surface area contributed by atoms with Crippen LogP contribution in [0.25, 0.3) is 11.6 Å². The van der Waals surface area contributed by atoms with Crippen LogP contribution in [-0.2, 0) is 27.8 Å². The molecular formula is C20H25N5O4S2. The Labute approximate surface area is 185 Å². The van der Waals surface area contributed by atoms with Gasteiger partial charge in [-0.05, 0) is 42.2 Å². The number of nitrogens with zero attached hydrogens (tertiary/aromatic N) is 3. The lowest BCUT2D eigenvalue weighted by Gasteiger charge is -2.11. The van der Waals surface area contributed by atoms with Gasteiger partial charge in [-0.3, -0.25) is 9.36 Å². The monoisotopic (exact) mass is 463 g/mol. The molecule has 2 heterocycles. The summed E-state index contributed by atoms with van der Waals surface area (Å²) in [5.74, 6) is 1.74. The summed E-state index contributed by atoms with van der Waals surface area (Å²) in [5, 5.41) is 17.1. The molecule has 9 nitrogen and oxygen atoms in total. The lowest BCUT2D eigenvalue weighted by Crippen LogP contribution is -2.27. The molecule has 0 spiro atoms. The van der Waals surface area contributed by atoms with Gasteiger partial charge in [0.25, 0.3) is 0 Å². The van der Waals surface area contributed by atoms with Crippen molar-refractivity contribution >= 4 is 27.7 Å². The lowest BCUT2D eigenvalue weighted by atomic mass is 10.1. The fourth-order valence-corrected chi connectivity index (χ4v) is 4.18. The number of primary sulfonamides is 1. The Morgan fingerprint density at radius 2 is 1.97 bits per heavy atom. The first kappa shape index (κ1) is 23.0. The maximum absolute atomic E-state index is 12.3. The third kappa shape index (κ3) is 6.42. The molecule has 0 fully saturated rings. The number of sulfonamides is 1. The molecule has 1 aromatic carbocycles. The van der Waals surface area contributed by atoms with E-state index in [1.807, 2.05) is 10.6 Å². The summed E-state index contributed by atoms with van der Waals surface area (Å²) in [7, 11) is -3.70. The smallest absolute Gasteiger partial charge is 0.238 e. The van der Waals surface area contributed by atoms with Crippen LogP contribution in [-0.4, -0.2) is 41.4 Å². The van der Waals surface area contributed by atoms with E-state index in [-0.39, 0.29) is 16.6 Å². The highest BCUT2D eigenvalue weighted by atomic mass is 32.2. The number of nitrogens with two attached hydrogens (primary N) is 1. The first-order valence-electron chi connectivity index (χ1n) is 9.72. The second-order valence-corrected chi connectivity index (χ2v) is 9.87. The quantitative estimate of drug-likeness (QED) is 0.441. The van der Waals surface area contributed by atoms with Gasteiger partial charge in [-0.25, -0.2) is 13.6 Å². The molecule has 0 saturated heterocycles. The summed E-state index contributed by atoms with van der Waals surface area (Å²) in [4.78, 5) is 12.3. The third-order valence-corrected chi connectivity index (χ3v) is 6.22. The lowest BCUT2D eigenvalue weighted by molar-refractivity contribution is -0.118. The van der Waals surface area contributed by atoms with Crippen LogP contribution in [0.5, 0.6) is 0 Å². The molecule has 0 aliphatic rings. The Morgan fingerprint density at radius 1 is 1.23 bits per heavy atom. The van der Waals surface area contributed by atoms with Gasteiger partial charge in [0.2, 0.25) is 15.9 Å². The van der Waals surface area contributed by atoms with Crippen molar-refractivity contribution in [1.82, 2.24) is 20.1 Å². The number of benzene rings is 1. The summed E-state index contributed by atoms with van der Waals surface area (Å²) in [5.41, 5.74) is 0.903. The maximum Gasteiger partial charge on any atom is 0.238 e. The van der Waals surface area contributed by atoms with E-state index in [0.717, 1.165) is 5.56 Å². The number of furan rings is 1. The zero-order valence-corrected chi connectivity index (χ0v) is 18.9. The number of hydrogen-bond acceptors (Lipinski definition) is 7. The maximum atomic E-state index is 12.3. The molecule has 0 atom stereocenters. The average molecular weight is 464 g/mol. The second-order valence-electron chi connectivity index (χ2n) is 7.37. The highest BCUT2D eigenvalue weighted by Gasteiger charge is 2.18. The number of aromatic nitrogens is 3. The Kier molecular flexibility index (Phi) is 7.52. The van der Waals surface area contributed by atoms with Crippen molar-refractivity contribution < 1.29 is 17.6 Å². The number of rotatable bonds is 10. The van der Waals surface area contributed by atoms with E-state index >= 15 is 0 Å². The average Bonchev–Trinajstić information content (AvgIpc) is 3.36. The van der Waals surface area contributed by atoms with Gasteiger partial charge in [-0.1, -0.05) is 37.7 Å². The molecule has 2 aromatic heterocycles. The number of amides is 1. The van der Waals surface area contributed by atoms with Crippen LogP contribution in [0.15, 0.2) is 57.1 Å². The number of nitrogens with one attached hydrogen (secondary N) is 1. The fraction of sp³-hybridized carbons (Fsp3) is 0.350. The van der Waals surface area contributed by atoms with Gasteiger partial charge in [0.1, 0.15) is 0 Å². The minimum Gasteiger partial charge on any atom is -0.461 e. The molecule has 0 bridgehead atoms. The highest BCUT2D eigenvalue weighted by molar-refractivity contribution is 7.99. The molecule has 1 amide bonds. The molecule has 0 saturated carbocycles. The molecular weight excluding hydrogens is 438 g/mol. The fourth-order valence-electron chi connectivity index (χ4n) is 2.89. The number of thioether (sulfide) groups is 1. The van der Waals surface area contributed by atoms with Gasteiger partial charge in [-0.15, -0.1) is 10.2 Å². The Hall–Kier alpha value is -2.63. The highest BCUT2D eigenvalue weighted by Crippen LogP contribution is 2.25. The predicted molar refractivity (Wildman–Crippen MR) is 118 cm³/mol. The number of carbonyl (C=O) groups excluding carboxylic acids is 1. The third-order valence-electron chi connectivity index (χ3n) is 4.33. The molecule has 0 aliphatic carbocycles. The molecule has 3 rings (SSSR count). The van der Waals surface area contributed by atoms with Crippen molar-refractivity contribution in [3.63, 3.8) is 0 Å². The van der Waals surface area contributed by atoms with Crippen LogP contribution in [0, 0.1) is 5.92 Å². The minimum atomic E-state index is -3.70. The van der Waals surface area contributed by atoms with Crippen LogP contribution in [0.4, 0.5) is 0 Å². The molecule has 0 unspecified atom stereocenters. The van der Waals surface area contributed by atoms with Gasteiger partial charge in [0, 0.05) is 13.1 Å². The summed E-state index contributed by atoms with van der Waals surface area (Å²) in [6.45, 7) is 5.34. The van der Waals surface area contributed by atoms with Crippen LogP contribution in [0.3, 0.4) is 0 Å².